The maximum Gasteiger partial charge on any atom is 0.227 e. The molecule has 0 spiro atoms. The van der Waals surface area contributed by atoms with Gasteiger partial charge in [-0.1, -0.05) is 12.1 Å². The molecule has 2 saturated heterocycles. The van der Waals surface area contributed by atoms with Crippen LogP contribution in [-0.2, 0) is 25.8 Å². The second-order valence-electron chi connectivity index (χ2n) is 6.93. The number of anilines is 1. The molecular weight excluding hydrogens is 340 g/mol. The lowest BCUT2D eigenvalue weighted by atomic mass is 10.1. The number of amides is 2. The minimum atomic E-state index is -3.12. The van der Waals surface area contributed by atoms with Gasteiger partial charge in [-0.2, -0.15) is 0 Å². The molecule has 2 amide bonds. The van der Waals surface area contributed by atoms with Crippen LogP contribution in [-0.4, -0.2) is 56.3 Å². The van der Waals surface area contributed by atoms with E-state index in [0.717, 1.165) is 30.6 Å². The highest BCUT2D eigenvalue weighted by Crippen LogP contribution is 2.22. The molecular formula is C18H24N2O4S. The Balaban J connectivity index is 1.62. The van der Waals surface area contributed by atoms with Gasteiger partial charge >= 0.3 is 0 Å². The molecule has 0 N–H and O–H groups in total. The van der Waals surface area contributed by atoms with Gasteiger partial charge in [-0.3, -0.25) is 9.59 Å². The van der Waals surface area contributed by atoms with Gasteiger partial charge in [0, 0.05) is 38.0 Å². The monoisotopic (exact) mass is 364 g/mol. The zero-order valence-corrected chi connectivity index (χ0v) is 15.3. The lowest BCUT2D eigenvalue weighted by Gasteiger charge is -2.32. The molecule has 0 aliphatic carbocycles. The molecule has 0 unspecified atom stereocenters. The third kappa shape index (κ3) is 4.21. The molecule has 2 aliphatic rings. The Labute approximate surface area is 148 Å². The first-order valence-corrected chi connectivity index (χ1v) is 10.7. The predicted molar refractivity (Wildman–Crippen MR) is 96.2 cm³/mol. The number of carbonyl (C=O) groups is 2. The summed E-state index contributed by atoms with van der Waals surface area (Å²) in [4.78, 5) is 27.7. The minimum Gasteiger partial charge on any atom is -0.341 e. The lowest BCUT2D eigenvalue weighted by molar-refractivity contribution is -0.131. The summed E-state index contributed by atoms with van der Waals surface area (Å²) in [5, 5.41) is -0.450. The van der Waals surface area contributed by atoms with Crippen molar-refractivity contribution in [2.24, 2.45) is 0 Å². The van der Waals surface area contributed by atoms with Gasteiger partial charge in [0.15, 0.2) is 9.84 Å². The highest BCUT2D eigenvalue weighted by Gasteiger charge is 2.29. The van der Waals surface area contributed by atoms with Crippen LogP contribution >= 0.6 is 0 Å². The number of piperidine rings is 1. The van der Waals surface area contributed by atoms with E-state index < -0.39 is 15.1 Å². The molecule has 136 valence electrons. The van der Waals surface area contributed by atoms with Gasteiger partial charge in [-0.15, -0.1) is 0 Å². The molecule has 7 heteroatoms. The van der Waals surface area contributed by atoms with Crippen molar-refractivity contribution < 1.29 is 18.0 Å². The van der Waals surface area contributed by atoms with Crippen molar-refractivity contribution in [2.75, 3.05) is 30.8 Å². The van der Waals surface area contributed by atoms with Crippen molar-refractivity contribution in [3.63, 3.8) is 0 Å². The smallest absolute Gasteiger partial charge is 0.227 e. The fourth-order valence-corrected chi connectivity index (χ4v) is 4.56. The lowest BCUT2D eigenvalue weighted by Crippen LogP contribution is -2.45. The fourth-order valence-electron chi connectivity index (χ4n) is 3.52. The first-order chi connectivity index (χ1) is 11.8. The average Bonchev–Trinajstić information content (AvgIpc) is 3.01. The molecule has 1 atom stereocenters. The topological polar surface area (TPSA) is 74.8 Å². The van der Waals surface area contributed by atoms with Crippen LogP contribution in [0.4, 0.5) is 5.69 Å². The molecule has 1 aromatic carbocycles. The summed E-state index contributed by atoms with van der Waals surface area (Å²) in [6.07, 6.45) is 4.32. The van der Waals surface area contributed by atoms with Gasteiger partial charge in [0.25, 0.3) is 0 Å². The van der Waals surface area contributed by atoms with Crippen LogP contribution in [0.3, 0.4) is 0 Å². The molecule has 0 bridgehead atoms. The summed E-state index contributed by atoms with van der Waals surface area (Å²) in [7, 11) is -3.12. The molecule has 2 heterocycles. The third-order valence-corrected chi connectivity index (χ3v) is 6.61. The maximum absolute atomic E-state index is 12.5. The maximum atomic E-state index is 12.5. The van der Waals surface area contributed by atoms with Crippen molar-refractivity contribution in [3.8, 4) is 0 Å². The number of hydrogen-bond acceptors (Lipinski definition) is 4. The number of benzene rings is 1. The quantitative estimate of drug-likeness (QED) is 0.809. The first-order valence-electron chi connectivity index (χ1n) is 8.70. The molecule has 25 heavy (non-hydrogen) atoms. The summed E-state index contributed by atoms with van der Waals surface area (Å²) in [5.41, 5.74) is 1.75. The summed E-state index contributed by atoms with van der Waals surface area (Å²) in [6, 6.07) is 7.50. The van der Waals surface area contributed by atoms with Gasteiger partial charge in [-0.05, 0) is 37.0 Å². The SMILES string of the molecule is CS(=O)(=O)[C@H]1CCCN(C(=O)Cc2ccc(N3CCCC3=O)cc2)C1. The van der Waals surface area contributed by atoms with Crippen LogP contribution in [0.2, 0.25) is 0 Å². The number of nitrogens with zero attached hydrogens (tertiary/aromatic N) is 2. The number of likely N-dealkylation sites (tertiary alicyclic amines) is 1. The van der Waals surface area contributed by atoms with Gasteiger partial charge in [0.2, 0.25) is 11.8 Å². The molecule has 6 nitrogen and oxygen atoms in total. The Hall–Kier alpha value is -1.89. The van der Waals surface area contributed by atoms with Gasteiger partial charge in [0.1, 0.15) is 0 Å². The van der Waals surface area contributed by atoms with Crippen LogP contribution in [0.25, 0.3) is 0 Å². The zero-order chi connectivity index (χ0) is 18.0. The van der Waals surface area contributed by atoms with E-state index in [1.165, 1.54) is 6.26 Å². The Bertz CT molecular complexity index is 758. The van der Waals surface area contributed by atoms with E-state index >= 15 is 0 Å². The second-order valence-corrected chi connectivity index (χ2v) is 9.25. The van der Waals surface area contributed by atoms with Crippen LogP contribution in [0.15, 0.2) is 24.3 Å². The standard InChI is InChI=1S/C18H24N2O4S/c1-25(23,24)16-4-2-10-19(13-16)18(22)12-14-6-8-15(9-7-14)20-11-3-5-17(20)21/h6-9,16H,2-5,10-13H2,1H3/t16-/m0/s1. The molecule has 3 rings (SSSR count). The molecule has 1 aromatic rings. The van der Waals surface area contributed by atoms with Crippen molar-refractivity contribution >= 4 is 27.3 Å². The normalized spacial score (nSPS) is 21.6. The van der Waals surface area contributed by atoms with Crippen LogP contribution < -0.4 is 4.90 Å². The predicted octanol–water partition coefficient (Wildman–Crippen LogP) is 1.39. The van der Waals surface area contributed by atoms with Crippen LogP contribution in [0.1, 0.15) is 31.2 Å². The Morgan fingerprint density at radius 3 is 2.48 bits per heavy atom. The zero-order valence-electron chi connectivity index (χ0n) is 14.5. The molecule has 0 radical (unpaired) electrons. The average molecular weight is 364 g/mol. The summed E-state index contributed by atoms with van der Waals surface area (Å²) >= 11 is 0. The van der Waals surface area contributed by atoms with Crippen molar-refractivity contribution in [1.82, 2.24) is 4.90 Å². The molecule has 0 aromatic heterocycles. The highest BCUT2D eigenvalue weighted by atomic mass is 32.2. The van der Waals surface area contributed by atoms with E-state index in [0.29, 0.717) is 19.4 Å². The molecule has 2 fully saturated rings. The number of sulfone groups is 1. The van der Waals surface area contributed by atoms with Crippen LogP contribution in [0, 0.1) is 0 Å². The summed E-state index contributed by atoms with van der Waals surface area (Å²) < 4.78 is 23.5. The number of rotatable bonds is 4. The van der Waals surface area contributed by atoms with Crippen molar-refractivity contribution in [2.45, 2.75) is 37.4 Å². The fraction of sp³-hybridized carbons (Fsp3) is 0.556. The van der Waals surface area contributed by atoms with E-state index in [-0.39, 0.29) is 24.8 Å². The molecule has 2 aliphatic heterocycles. The Morgan fingerprint density at radius 2 is 1.88 bits per heavy atom. The number of hydrogen-bond donors (Lipinski definition) is 0. The first kappa shape index (κ1) is 17.9. The van der Waals surface area contributed by atoms with E-state index in [4.69, 9.17) is 0 Å². The van der Waals surface area contributed by atoms with Gasteiger partial charge in [0.05, 0.1) is 11.7 Å². The molecule has 0 saturated carbocycles. The third-order valence-electron chi connectivity index (χ3n) is 5.01. The van der Waals surface area contributed by atoms with Crippen LogP contribution in [0.5, 0.6) is 0 Å². The van der Waals surface area contributed by atoms with Crippen molar-refractivity contribution in [1.29, 1.82) is 0 Å². The summed E-state index contributed by atoms with van der Waals surface area (Å²) in [5.74, 6) is 0.0994. The Morgan fingerprint density at radius 1 is 1.16 bits per heavy atom. The van der Waals surface area contributed by atoms with E-state index in [2.05, 4.69) is 0 Å². The largest absolute Gasteiger partial charge is 0.341 e. The second kappa shape index (κ2) is 7.15. The number of carbonyl (C=O) groups excluding carboxylic acids is 2. The summed E-state index contributed by atoms with van der Waals surface area (Å²) in [6.45, 7) is 1.65. The van der Waals surface area contributed by atoms with Gasteiger partial charge in [-0.25, -0.2) is 8.42 Å². The van der Waals surface area contributed by atoms with E-state index in [9.17, 15) is 18.0 Å². The van der Waals surface area contributed by atoms with E-state index in [1.54, 1.807) is 9.80 Å². The van der Waals surface area contributed by atoms with Crippen molar-refractivity contribution in [3.05, 3.63) is 29.8 Å². The minimum absolute atomic E-state index is 0.0432. The van der Waals surface area contributed by atoms with E-state index in [1.807, 2.05) is 24.3 Å². The highest BCUT2D eigenvalue weighted by molar-refractivity contribution is 7.91. The van der Waals surface area contributed by atoms with Gasteiger partial charge < -0.3 is 9.80 Å². The Kier molecular flexibility index (Phi) is 5.13.